The second-order valence-corrected chi connectivity index (χ2v) is 4.29. The first-order valence-corrected chi connectivity index (χ1v) is 5.86. The van der Waals surface area contributed by atoms with Crippen LogP contribution in [0.15, 0.2) is 24.3 Å². The highest BCUT2D eigenvalue weighted by Crippen LogP contribution is 2.26. The normalized spacial score (nSPS) is 16.2. The van der Waals surface area contributed by atoms with Gasteiger partial charge in [-0.2, -0.15) is 0 Å². The van der Waals surface area contributed by atoms with Crippen LogP contribution in [0.3, 0.4) is 0 Å². The van der Waals surface area contributed by atoms with E-state index in [-0.39, 0.29) is 6.10 Å². The van der Waals surface area contributed by atoms with Crippen molar-refractivity contribution in [3.05, 3.63) is 29.8 Å². The smallest absolute Gasteiger partial charge is 0.0745 e. The molecule has 0 spiro atoms. The molecular weight excluding hydrogens is 202 g/mol. The predicted octanol–water partition coefficient (Wildman–Crippen LogP) is 1.45. The molecule has 0 saturated carbocycles. The van der Waals surface area contributed by atoms with Crippen LogP contribution in [0.2, 0.25) is 0 Å². The molecule has 0 amide bonds. The number of aliphatic hydroxyl groups excluding tert-OH is 1. The maximum absolute atomic E-state index is 9.06. The second kappa shape index (κ2) is 5.32. The number of aliphatic hydroxyl groups is 1. The van der Waals surface area contributed by atoms with Gasteiger partial charge in [-0.3, -0.25) is 0 Å². The van der Waals surface area contributed by atoms with Crippen molar-refractivity contribution in [2.75, 3.05) is 31.2 Å². The van der Waals surface area contributed by atoms with E-state index >= 15 is 0 Å². The highest BCUT2D eigenvalue weighted by Gasteiger charge is 2.17. The van der Waals surface area contributed by atoms with E-state index in [1.165, 1.54) is 11.3 Å². The van der Waals surface area contributed by atoms with Crippen LogP contribution < -0.4 is 4.90 Å². The fourth-order valence-corrected chi connectivity index (χ4v) is 2.07. The third-order valence-electron chi connectivity index (χ3n) is 2.85. The van der Waals surface area contributed by atoms with Gasteiger partial charge in [-0.15, -0.1) is 0 Å². The molecule has 1 aliphatic heterocycles. The monoisotopic (exact) mass is 221 g/mol. The summed E-state index contributed by atoms with van der Waals surface area (Å²) < 4.78 is 5.38. The molecule has 0 aliphatic carbocycles. The average molecular weight is 221 g/mol. The summed E-state index contributed by atoms with van der Waals surface area (Å²) in [5, 5.41) is 9.06. The van der Waals surface area contributed by atoms with Crippen molar-refractivity contribution >= 4 is 5.69 Å². The van der Waals surface area contributed by atoms with Gasteiger partial charge in [0.15, 0.2) is 0 Å². The molecule has 0 aromatic heterocycles. The van der Waals surface area contributed by atoms with Crippen molar-refractivity contribution in [1.82, 2.24) is 0 Å². The summed E-state index contributed by atoms with van der Waals surface area (Å²) in [7, 11) is 0. The maximum Gasteiger partial charge on any atom is 0.0745 e. The fraction of sp³-hybridized carbons (Fsp3) is 0.538. The van der Waals surface area contributed by atoms with E-state index < -0.39 is 0 Å². The predicted molar refractivity (Wildman–Crippen MR) is 64.9 cm³/mol. The molecule has 1 aromatic rings. The summed E-state index contributed by atoms with van der Waals surface area (Å²) in [6.07, 6.45) is 0.762. The van der Waals surface area contributed by atoms with Crippen molar-refractivity contribution in [2.45, 2.75) is 19.4 Å². The van der Waals surface area contributed by atoms with E-state index in [9.17, 15) is 0 Å². The van der Waals surface area contributed by atoms with Gasteiger partial charge in [-0.05, 0) is 25.0 Å². The van der Waals surface area contributed by atoms with Gasteiger partial charge in [0, 0.05) is 18.8 Å². The Labute approximate surface area is 96.6 Å². The lowest BCUT2D eigenvalue weighted by atomic mass is 10.2. The van der Waals surface area contributed by atoms with E-state index in [1.807, 2.05) is 0 Å². The molecule has 1 N–H and O–H groups in total. The minimum atomic E-state index is -0.370. The molecule has 0 bridgehead atoms. The molecular formula is C13H19NO2. The molecule has 88 valence electrons. The van der Waals surface area contributed by atoms with Crippen LogP contribution in [0.1, 0.15) is 12.5 Å². The summed E-state index contributed by atoms with van der Waals surface area (Å²) in [5.74, 6) is 0. The summed E-state index contributed by atoms with van der Waals surface area (Å²) >= 11 is 0. The summed E-state index contributed by atoms with van der Waals surface area (Å²) in [6.45, 7) is 4.83. The Morgan fingerprint density at radius 1 is 1.44 bits per heavy atom. The molecule has 1 unspecified atom stereocenters. The number of benzene rings is 1. The minimum Gasteiger partial charge on any atom is -0.391 e. The number of para-hydroxylation sites is 1. The Bertz CT molecular complexity index is 338. The SMILES string of the molecule is CC(O)COCCN1CCc2ccccc21. The van der Waals surface area contributed by atoms with E-state index in [0.29, 0.717) is 13.2 Å². The Kier molecular flexibility index (Phi) is 3.80. The van der Waals surface area contributed by atoms with Crippen molar-refractivity contribution < 1.29 is 9.84 Å². The van der Waals surface area contributed by atoms with Gasteiger partial charge in [-0.25, -0.2) is 0 Å². The summed E-state index contributed by atoms with van der Waals surface area (Å²) in [6, 6.07) is 8.52. The second-order valence-electron chi connectivity index (χ2n) is 4.29. The van der Waals surface area contributed by atoms with Gasteiger partial charge < -0.3 is 14.7 Å². The van der Waals surface area contributed by atoms with E-state index in [4.69, 9.17) is 9.84 Å². The highest BCUT2D eigenvalue weighted by atomic mass is 16.5. The lowest BCUT2D eigenvalue weighted by Gasteiger charge is -2.19. The Morgan fingerprint density at radius 2 is 2.25 bits per heavy atom. The van der Waals surface area contributed by atoms with Crippen LogP contribution in [-0.4, -0.2) is 37.5 Å². The molecule has 0 fully saturated rings. The molecule has 1 aromatic carbocycles. The van der Waals surface area contributed by atoms with Gasteiger partial charge in [0.05, 0.1) is 19.3 Å². The topological polar surface area (TPSA) is 32.7 Å². The molecule has 1 aliphatic rings. The number of hydrogen-bond acceptors (Lipinski definition) is 3. The van der Waals surface area contributed by atoms with Gasteiger partial charge in [0.25, 0.3) is 0 Å². The van der Waals surface area contributed by atoms with Gasteiger partial charge in [-0.1, -0.05) is 18.2 Å². The van der Waals surface area contributed by atoms with Crippen molar-refractivity contribution in [2.24, 2.45) is 0 Å². The van der Waals surface area contributed by atoms with Gasteiger partial charge >= 0.3 is 0 Å². The molecule has 2 rings (SSSR count). The van der Waals surface area contributed by atoms with Gasteiger partial charge in [0.2, 0.25) is 0 Å². The van der Waals surface area contributed by atoms with Crippen LogP contribution in [0, 0.1) is 0 Å². The number of anilines is 1. The number of rotatable bonds is 5. The zero-order valence-corrected chi connectivity index (χ0v) is 9.72. The zero-order chi connectivity index (χ0) is 11.4. The Balaban J connectivity index is 1.80. The number of fused-ring (bicyclic) bond motifs is 1. The third kappa shape index (κ3) is 2.74. The lowest BCUT2D eigenvalue weighted by Crippen LogP contribution is -2.26. The van der Waals surface area contributed by atoms with Crippen molar-refractivity contribution in [3.63, 3.8) is 0 Å². The lowest BCUT2D eigenvalue weighted by molar-refractivity contribution is 0.0496. The molecule has 1 atom stereocenters. The fourth-order valence-electron chi connectivity index (χ4n) is 2.07. The summed E-state index contributed by atoms with van der Waals surface area (Å²) in [5.41, 5.74) is 2.76. The van der Waals surface area contributed by atoms with E-state index in [2.05, 4.69) is 29.2 Å². The minimum absolute atomic E-state index is 0.370. The highest BCUT2D eigenvalue weighted by molar-refractivity contribution is 5.57. The average Bonchev–Trinajstić information content (AvgIpc) is 2.68. The Hall–Kier alpha value is -1.06. The quantitative estimate of drug-likeness (QED) is 0.764. The first kappa shape index (κ1) is 11.4. The molecule has 0 saturated heterocycles. The van der Waals surface area contributed by atoms with E-state index in [1.54, 1.807) is 6.92 Å². The molecule has 0 radical (unpaired) electrons. The first-order chi connectivity index (χ1) is 7.77. The molecule has 3 heteroatoms. The molecule has 16 heavy (non-hydrogen) atoms. The zero-order valence-electron chi connectivity index (χ0n) is 9.72. The maximum atomic E-state index is 9.06. The largest absolute Gasteiger partial charge is 0.391 e. The molecule has 3 nitrogen and oxygen atoms in total. The van der Waals surface area contributed by atoms with E-state index in [0.717, 1.165) is 19.5 Å². The number of hydrogen-bond donors (Lipinski definition) is 1. The summed E-state index contributed by atoms with van der Waals surface area (Å²) in [4.78, 5) is 2.34. The molecule has 1 heterocycles. The Morgan fingerprint density at radius 3 is 3.06 bits per heavy atom. The van der Waals surface area contributed by atoms with Crippen LogP contribution >= 0.6 is 0 Å². The van der Waals surface area contributed by atoms with Crippen LogP contribution in [0.4, 0.5) is 5.69 Å². The number of ether oxygens (including phenoxy) is 1. The number of nitrogens with zero attached hydrogens (tertiary/aromatic N) is 1. The van der Waals surface area contributed by atoms with Crippen LogP contribution in [0.25, 0.3) is 0 Å². The van der Waals surface area contributed by atoms with Crippen LogP contribution in [0.5, 0.6) is 0 Å². The van der Waals surface area contributed by atoms with Crippen molar-refractivity contribution in [1.29, 1.82) is 0 Å². The first-order valence-electron chi connectivity index (χ1n) is 5.86. The van der Waals surface area contributed by atoms with Gasteiger partial charge in [0.1, 0.15) is 0 Å². The van der Waals surface area contributed by atoms with Crippen molar-refractivity contribution in [3.8, 4) is 0 Å². The standard InChI is InChI=1S/C13H19NO2/c1-11(15)10-16-9-8-14-7-6-12-4-2-3-5-13(12)14/h2-5,11,15H,6-10H2,1H3. The third-order valence-corrected chi connectivity index (χ3v) is 2.85. The van der Waals surface area contributed by atoms with Crippen LogP contribution in [-0.2, 0) is 11.2 Å².